The van der Waals surface area contributed by atoms with Gasteiger partial charge in [0, 0.05) is 6.07 Å². The van der Waals surface area contributed by atoms with Crippen LogP contribution in [0.1, 0.15) is 15.9 Å². The van der Waals surface area contributed by atoms with Crippen LogP contribution in [0.15, 0.2) is 45.8 Å². The lowest BCUT2D eigenvalue weighted by atomic mass is 10.1. The van der Waals surface area contributed by atoms with Gasteiger partial charge in [0.05, 0.1) is 23.4 Å². The van der Waals surface area contributed by atoms with Gasteiger partial charge in [-0.2, -0.15) is 0 Å². The van der Waals surface area contributed by atoms with Gasteiger partial charge in [0.25, 0.3) is 5.91 Å². The highest BCUT2D eigenvalue weighted by molar-refractivity contribution is 6.04. The van der Waals surface area contributed by atoms with Gasteiger partial charge < -0.3 is 15.5 Å². The van der Waals surface area contributed by atoms with Gasteiger partial charge in [0.1, 0.15) is 12.1 Å². The topological polar surface area (TPSA) is 85.3 Å². The van der Waals surface area contributed by atoms with Gasteiger partial charge in [-0.05, 0) is 24.3 Å². The molecule has 0 unspecified atom stereocenters. The lowest BCUT2D eigenvalue weighted by Crippen LogP contribution is -2.14. The molecule has 1 amide bonds. The van der Waals surface area contributed by atoms with Crippen molar-refractivity contribution >= 4 is 11.6 Å². The van der Waals surface area contributed by atoms with Crippen molar-refractivity contribution in [3.05, 3.63) is 64.0 Å². The molecule has 0 bridgehead atoms. The van der Waals surface area contributed by atoms with Crippen LogP contribution >= 0.6 is 0 Å². The van der Waals surface area contributed by atoms with Gasteiger partial charge in [-0.1, -0.05) is 11.8 Å². The Morgan fingerprint density at radius 3 is 2.81 bits per heavy atom. The molecule has 6 heteroatoms. The van der Waals surface area contributed by atoms with Gasteiger partial charge in [-0.25, -0.2) is 9.18 Å². The van der Waals surface area contributed by atoms with Crippen molar-refractivity contribution in [2.75, 3.05) is 11.9 Å². The fourth-order valence-corrected chi connectivity index (χ4v) is 1.56. The Morgan fingerprint density at radius 1 is 1.33 bits per heavy atom. The van der Waals surface area contributed by atoms with Crippen LogP contribution in [-0.4, -0.2) is 12.5 Å². The smallest absolute Gasteiger partial charge is 0.335 e. The van der Waals surface area contributed by atoms with E-state index in [0.717, 1.165) is 12.3 Å². The normalized spacial score (nSPS) is 9.62. The van der Waals surface area contributed by atoms with E-state index < -0.39 is 17.3 Å². The van der Waals surface area contributed by atoms with Crippen molar-refractivity contribution in [2.24, 2.45) is 5.73 Å². The van der Waals surface area contributed by atoms with Crippen LogP contribution in [0.5, 0.6) is 0 Å². The minimum absolute atomic E-state index is 0.119. The average molecular weight is 286 g/mol. The van der Waals surface area contributed by atoms with Crippen LogP contribution in [0, 0.1) is 17.7 Å². The first-order valence-corrected chi connectivity index (χ1v) is 5.99. The van der Waals surface area contributed by atoms with E-state index in [1.807, 2.05) is 0 Å². The van der Waals surface area contributed by atoms with Crippen LogP contribution in [0.25, 0.3) is 0 Å². The number of anilines is 1. The third-order valence-corrected chi connectivity index (χ3v) is 2.52. The second kappa shape index (κ2) is 6.50. The molecule has 0 radical (unpaired) electrons. The number of hydrogen-bond acceptors (Lipinski definition) is 4. The van der Waals surface area contributed by atoms with Crippen molar-refractivity contribution in [2.45, 2.75) is 0 Å². The zero-order valence-electron chi connectivity index (χ0n) is 10.9. The van der Waals surface area contributed by atoms with E-state index in [2.05, 4.69) is 21.6 Å². The lowest BCUT2D eigenvalue weighted by molar-refractivity contribution is 0.102. The maximum atomic E-state index is 13.2. The third-order valence-electron chi connectivity index (χ3n) is 2.52. The van der Waals surface area contributed by atoms with E-state index in [1.165, 1.54) is 24.3 Å². The van der Waals surface area contributed by atoms with Crippen molar-refractivity contribution in [3.8, 4) is 11.8 Å². The molecule has 2 aromatic rings. The van der Waals surface area contributed by atoms with Crippen LogP contribution in [0.4, 0.5) is 10.1 Å². The van der Waals surface area contributed by atoms with Crippen LogP contribution in [0.2, 0.25) is 0 Å². The standard InChI is InChI=1S/C15H11FN2O3/c16-12-4-5-13(10(8-12)2-1-7-17)18-15(20)11-3-6-14(19)21-9-11/h3-6,8-9H,7,17H2,(H,18,20). The highest BCUT2D eigenvalue weighted by Gasteiger charge is 2.10. The molecular weight excluding hydrogens is 275 g/mol. The minimum Gasteiger partial charge on any atom is -0.430 e. The number of rotatable bonds is 2. The summed E-state index contributed by atoms with van der Waals surface area (Å²) in [5.74, 6) is 4.30. The molecule has 0 aliphatic rings. The van der Waals surface area contributed by atoms with Crippen LogP contribution in [-0.2, 0) is 0 Å². The summed E-state index contributed by atoms with van der Waals surface area (Å²) in [6, 6.07) is 6.26. The molecule has 0 saturated carbocycles. The SMILES string of the molecule is NCC#Cc1cc(F)ccc1NC(=O)c1ccc(=O)oc1. The van der Waals surface area contributed by atoms with Gasteiger partial charge in [-0.3, -0.25) is 4.79 Å². The van der Waals surface area contributed by atoms with Gasteiger partial charge >= 0.3 is 5.63 Å². The van der Waals surface area contributed by atoms with E-state index in [4.69, 9.17) is 5.73 Å². The van der Waals surface area contributed by atoms with Crippen LogP contribution < -0.4 is 16.7 Å². The summed E-state index contributed by atoms with van der Waals surface area (Å²) in [5.41, 5.74) is 5.54. The molecule has 106 valence electrons. The highest BCUT2D eigenvalue weighted by Crippen LogP contribution is 2.17. The van der Waals surface area contributed by atoms with Crippen molar-refractivity contribution < 1.29 is 13.6 Å². The Bertz CT molecular complexity index is 767. The molecular formula is C15H11FN2O3. The molecule has 0 aliphatic heterocycles. The minimum atomic E-state index is -0.553. The summed E-state index contributed by atoms with van der Waals surface area (Å²) in [5, 5.41) is 2.57. The Kier molecular flexibility index (Phi) is 4.49. The third kappa shape index (κ3) is 3.78. The van der Waals surface area contributed by atoms with E-state index in [9.17, 15) is 14.0 Å². The second-order valence-corrected chi connectivity index (χ2v) is 3.99. The fraction of sp³-hybridized carbons (Fsp3) is 0.0667. The van der Waals surface area contributed by atoms with Crippen molar-refractivity contribution in [1.29, 1.82) is 0 Å². The number of benzene rings is 1. The van der Waals surface area contributed by atoms with Crippen molar-refractivity contribution in [3.63, 3.8) is 0 Å². The average Bonchev–Trinajstić information content (AvgIpc) is 2.48. The van der Waals surface area contributed by atoms with Crippen LogP contribution in [0.3, 0.4) is 0 Å². The van der Waals surface area contributed by atoms with E-state index in [1.54, 1.807) is 0 Å². The number of hydrogen-bond donors (Lipinski definition) is 2. The Balaban J connectivity index is 2.28. The van der Waals surface area contributed by atoms with Gasteiger partial charge in [0.15, 0.2) is 0 Å². The predicted molar refractivity (Wildman–Crippen MR) is 75.3 cm³/mol. The Labute approximate surface area is 119 Å². The zero-order chi connectivity index (χ0) is 15.2. The lowest BCUT2D eigenvalue weighted by Gasteiger charge is -2.07. The zero-order valence-corrected chi connectivity index (χ0v) is 10.9. The number of amides is 1. The molecule has 1 aromatic heterocycles. The Morgan fingerprint density at radius 2 is 2.14 bits per heavy atom. The number of nitrogens with two attached hydrogens (primary N) is 1. The number of carbonyl (C=O) groups excluding carboxylic acids is 1. The first-order chi connectivity index (χ1) is 10.1. The molecule has 5 nitrogen and oxygen atoms in total. The molecule has 0 spiro atoms. The first-order valence-electron chi connectivity index (χ1n) is 5.99. The first kappa shape index (κ1) is 14.5. The van der Waals surface area contributed by atoms with E-state index in [0.29, 0.717) is 11.3 Å². The van der Waals surface area contributed by atoms with Gasteiger partial charge in [0.2, 0.25) is 0 Å². The fourth-order valence-electron chi connectivity index (χ4n) is 1.56. The molecule has 0 fully saturated rings. The summed E-state index contributed by atoms with van der Waals surface area (Å²) >= 11 is 0. The van der Waals surface area contributed by atoms with E-state index in [-0.39, 0.29) is 12.1 Å². The summed E-state index contributed by atoms with van der Waals surface area (Å²) in [7, 11) is 0. The maximum Gasteiger partial charge on any atom is 0.335 e. The molecule has 0 saturated heterocycles. The summed E-state index contributed by atoms with van der Waals surface area (Å²) in [6.45, 7) is 0.119. The molecule has 3 N–H and O–H groups in total. The summed E-state index contributed by atoms with van der Waals surface area (Å²) < 4.78 is 17.8. The quantitative estimate of drug-likeness (QED) is 0.816. The molecule has 21 heavy (non-hydrogen) atoms. The number of halogens is 1. The number of nitrogens with one attached hydrogen (secondary N) is 1. The number of carbonyl (C=O) groups is 1. The maximum absolute atomic E-state index is 13.2. The van der Waals surface area contributed by atoms with Gasteiger partial charge in [-0.15, -0.1) is 0 Å². The summed E-state index contributed by atoms with van der Waals surface area (Å²) in [4.78, 5) is 22.8. The van der Waals surface area contributed by atoms with Crippen molar-refractivity contribution in [1.82, 2.24) is 0 Å². The molecule has 0 atom stereocenters. The van der Waals surface area contributed by atoms with E-state index >= 15 is 0 Å². The largest absolute Gasteiger partial charge is 0.430 e. The summed E-state index contributed by atoms with van der Waals surface area (Å²) in [6.07, 6.45) is 1.05. The second-order valence-electron chi connectivity index (χ2n) is 3.99. The predicted octanol–water partition coefficient (Wildman–Crippen LogP) is 1.34. The molecule has 0 aliphatic carbocycles. The highest BCUT2D eigenvalue weighted by atomic mass is 19.1. The molecule has 1 heterocycles. The Hall–Kier alpha value is -2.91. The monoisotopic (exact) mass is 286 g/mol. The molecule has 2 rings (SSSR count). The molecule has 1 aromatic carbocycles.